The van der Waals surface area contributed by atoms with E-state index in [1.54, 1.807) is 37.3 Å². The first-order chi connectivity index (χ1) is 13.0. The Labute approximate surface area is 160 Å². The SMILES string of the molecule is Cc1ccccc1S(=O)(=O)Nc1ccc(NCCCc2ccccc2)nc1. The van der Waals surface area contributed by atoms with Gasteiger partial charge in [-0.25, -0.2) is 13.4 Å². The van der Waals surface area contributed by atoms with Gasteiger partial charge in [-0.1, -0.05) is 48.5 Å². The van der Waals surface area contributed by atoms with Crippen molar-refractivity contribution in [3.8, 4) is 0 Å². The lowest BCUT2D eigenvalue weighted by Gasteiger charge is -2.11. The Balaban J connectivity index is 1.53. The predicted octanol–water partition coefficient (Wildman–Crippen LogP) is 4.24. The third kappa shape index (κ3) is 5.31. The summed E-state index contributed by atoms with van der Waals surface area (Å²) < 4.78 is 27.6. The van der Waals surface area contributed by atoms with Crippen LogP contribution in [0.25, 0.3) is 0 Å². The molecule has 0 amide bonds. The highest BCUT2D eigenvalue weighted by Crippen LogP contribution is 2.19. The largest absolute Gasteiger partial charge is 0.370 e. The zero-order chi connectivity index (χ0) is 19.1. The number of hydrogen-bond donors (Lipinski definition) is 2. The van der Waals surface area contributed by atoms with Crippen LogP contribution >= 0.6 is 0 Å². The van der Waals surface area contributed by atoms with Crippen LogP contribution in [0.2, 0.25) is 0 Å². The number of nitrogens with zero attached hydrogens (tertiary/aromatic N) is 1. The van der Waals surface area contributed by atoms with Crippen LogP contribution in [-0.2, 0) is 16.4 Å². The van der Waals surface area contributed by atoms with Crippen LogP contribution in [0.5, 0.6) is 0 Å². The zero-order valence-corrected chi connectivity index (χ0v) is 16.0. The lowest BCUT2D eigenvalue weighted by atomic mass is 10.1. The van der Waals surface area contributed by atoms with Gasteiger partial charge in [0.25, 0.3) is 10.0 Å². The first-order valence-electron chi connectivity index (χ1n) is 8.87. The lowest BCUT2D eigenvalue weighted by Crippen LogP contribution is -2.14. The molecule has 0 bridgehead atoms. The van der Waals surface area contributed by atoms with Crippen molar-refractivity contribution in [2.45, 2.75) is 24.7 Å². The fraction of sp³-hybridized carbons (Fsp3) is 0.190. The molecule has 0 saturated heterocycles. The minimum absolute atomic E-state index is 0.271. The molecular weight excluding hydrogens is 358 g/mol. The standard InChI is InChI=1S/C21H23N3O2S/c1-17-8-5-6-12-20(17)27(25,26)24-19-13-14-21(23-16-19)22-15-7-11-18-9-3-2-4-10-18/h2-6,8-10,12-14,16,24H,7,11,15H2,1H3,(H,22,23). The number of sulfonamides is 1. The van der Waals surface area contributed by atoms with Crippen LogP contribution in [0.1, 0.15) is 17.5 Å². The molecule has 3 aromatic rings. The summed E-state index contributed by atoms with van der Waals surface area (Å²) in [6.45, 7) is 2.57. The molecule has 0 atom stereocenters. The summed E-state index contributed by atoms with van der Waals surface area (Å²) in [6, 6.07) is 20.7. The smallest absolute Gasteiger partial charge is 0.262 e. The highest BCUT2D eigenvalue weighted by Gasteiger charge is 2.16. The molecule has 0 radical (unpaired) electrons. The van der Waals surface area contributed by atoms with Crippen LogP contribution in [0, 0.1) is 6.92 Å². The molecular formula is C21H23N3O2S. The molecule has 6 heteroatoms. The first-order valence-corrected chi connectivity index (χ1v) is 10.4. The Bertz CT molecular complexity index is 972. The maximum Gasteiger partial charge on any atom is 0.262 e. The number of aryl methyl sites for hydroxylation is 2. The summed E-state index contributed by atoms with van der Waals surface area (Å²) in [5.41, 5.74) is 2.45. The summed E-state index contributed by atoms with van der Waals surface area (Å²) in [5.74, 6) is 0.724. The average molecular weight is 382 g/mol. The van der Waals surface area contributed by atoms with Crippen molar-refractivity contribution in [2.75, 3.05) is 16.6 Å². The summed E-state index contributed by atoms with van der Waals surface area (Å²) in [5, 5.41) is 3.26. The highest BCUT2D eigenvalue weighted by molar-refractivity contribution is 7.92. The Morgan fingerprint density at radius 1 is 0.926 bits per heavy atom. The van der Waals surface area contributed by atoms with E-state index >= 15 is 0 Å². The summed E-state index contributed by atoms with van der Waals surface area (Å²) >= 11 is 0. The maximum absolute atomic E-state index is 12.5. The maximum atomic E-state index is 12.5. The normalized spacial score (nSPS) is 11.1. The average Bonchev–Trinajstić information content (AvgIpc) is 2.67. The molecule has 0 aliphatic rings. The second-order valence-corrected chi connectivity index (χ2v) is 7.97. The van der Waals surface area contributed by atoms with E-state index in [0.717, 1.165) is 25.2 Å². The number of benzene rings is 2. The molecule has 0 aliphatic carbocycles. The van der Waals surface area contributed by atoms with Crippen LogP contribution in [-0.4, -0.2) is 19.9 Å². The molecule has 140 valence electrons. The minimum Gasteiger partial charge on any atom is -0.370 e. The molecule has 0 aliphatic heterocycles. The number of aromatic nitrogens is 1. The van der Waals surface area contributed by atoms with Gasteiger partial charge in [-0.15, -0.1) is 0 Å². The van der Waals surface area contributed by atoms with E-state index in [2.05, 4.69) is 27.2 Å². The zero-order valence-electron chi connectivity index (χ0n) is 15.2. The van der Waals surface area contributed by atoms with Gasteiger partial charge in [0, 0.05) is 6.54 Å². The molecule has 0 unspecified atom stereocenters. The molecule has 0 spiro atoms. The lowest BCUT2D eigenvalue weighted by molar-refractivity contribution is 0.600. The van der Waals surface area contributed by atoms with Gasteiger partial charge in [0.15, 0.2) is 0 Å². The van der Waals surface area contributed by atoms with Crippen LogP contribution < -0.4 is 10.0 Å². The first kappa shape index (κ1) is 18.9. The van der Waals surface area contributed by atoms with E-state index in [-0.39, 0.29) is 4.90 Å². The summed E-state index contributed by atoms with van der Waals surface area (Å²) in [4.78, 5) is 4.56. The van der Waals surface area contributed by atoms with Crippen molar-refractivity contribution in [3.63, 3.8) is 0 Å². The Hall–Kier alpha value is -2.86. The number of pyridine rings is 1. The number of anilines is 2. The Kier molecular flexibility index (Phi) is 6.08. The van der Waals surface area contributed by atoms with Crippen molar-refractivity contribution in [1.82, 2.24) is 4.98 Å². The van der Waals surface area contributed by atoms with Gasteiger partial charge in [-0.3, -0.25) is 4.72 Å². The van der Waals surface area contributed by atoms with Gasteiger partial charge >= 0.3 is 0 Å². The molecule has 0 fully saturated rings. The van der Waals surface area contributed by atoms with Crippen molar-refractivity contribution in [1.29, 1.82) is 0 Å². The van der Waals surface area contributed by atoms with Crippen molar-refractivity contribution < 1.29 is 8.42 Å². The van der Waals surface area contributed by atoms with E-state index in [9.17, 15) is 8.42 Å². The van der Waals surface area contributed by atoms with E-state index in [1.807, 2.05) is 24.3 Å². The fourth-order valence-electron chi connectivity index (χ4n) is 2.78. The molecule has 2 aromatic carbocycles. The molecule has 3 rings (SSSR count). The van der Waals surface area contributed by atoms with E-state index in [0.29, 0.717) is 11.3 Å². The topological polar surface area (TPSA) is 71.1 Å². The second-order valence-electron chi connectivity index (χ2n) is 6.32. The molecule has 0 saturated carbocycles. The summed E-state index contributed by atoms with van der Waals surface area (Å²) in [6.07, 6.45) is 3.52. The Morgan fingerprint density at radius 3 is 2.37 bits per heavy atom. The quantitative estimate of drug-likeness (QED) is 0.573. The van der Waals surface area contributed by atoms with Crippen LogP contribution in [0.4, 0.5) is 11.5 Å². The molecule has 1 aromatic heterocycles. The van der Waals surface area contributed by atoms with Crippen molar-refractivity contribution in [2.24, 2.45) is 0 Å². The summed E-state index contributed by atoms with van der Waals surface area (Å²) in [7, 11) is -3.62. The van der Waals surface area contributed by atoms with E-state index in [4.69, 9.17) is 0 Å². The molecule has 2 N–H and O–H groups in total. The van der Waals surface area contributed by atoms with Gasteiger partial charge in [-0.2, -0.15) is 0 Å². The molecule has 5 nitrogen and oxygen atoms in total. The van der Waals surface area contributed by atoms with Crippen LogP contribution in [0.15, 0.2) is 77.8 Å². The third-order valence-corrected chi connectivity index (χ3v) is 5.73. The van der Waals surface area contributed by atoms with Crippen LogP contribution in [0.3, 0.4) is 0 Å². The number of rotatable bonds is 8. The van der Waals surface area contributed by atoms with Gasteiger partial charge in [-0.05, 0) is 49.1 Å². The van der Waals surface area contributed by atoms with E-state index in [1.165, 1.54) is 11.8 Å². The monoisotopic (exact) mass is 381 g/mol. The van der Waals surface area contributed by atoms with Gasteiger partial charge in [0.05, 0.1) is 16.8 Å². The van der Waals surface area contributed by atoms with Crippen molar-refractivity contribution in [3.05, 3.63) is 84.1 Å². The van der Waals surface area contributed by atoms with Gasteiger partial charge in [0.1, 0.15) is 5.82 Å². The van der Waals surface area contributed by atoms with Gasteiger partial charge < -0.3 is 5.32 Å². The van der Waals surface area contributed by atoms with Gasteiger partial charge in [0.2, 0.25) is 0 Å². The van der Waals surface area contributed by atoms with E-state index < -0.39 is 10.0 Å². The van der Waals surface area contributed by atoms with Crippen molar-refractivity contribution >= 4 is 21.5 Å². The number of hydrogen-bond acceptors (Lipinski definition) is 4. The Morgan fingerprint density at radius 2 is 1.67 bits per heavy atom. The predicted molar refractivity (Wildman–Crippen MR) is 109 cm³/mol. The fourth-order valence-corrected chi connectivity index (χ4v) is 4.07. The second kappa shape index (κ2) is 8.68. The number of nitrogens with one attached hydrogen (secondary N) is 2. The highest BCUT2D eigenvalue weighted by atomic mass is 32.2. The third-order valence-electron chi connectivity index (χ3n) is 4.19. The molecule has 27 heavy (non-hydrogen) atoms. The molecule has 1 heterocycles. The minimum atomic E-state index is -3.62.